The fraction of sp³-hybridized carbons (Fsp3) is 0.304. The Labute approximate surface area is 223 Å². The van der Waals surface area contributed by atoms with Crippen LogP contribution in [0.25, 0.3) is 0 Å². The summed E-state index contributed by atoms with van der Waals surface area (Å²) in [7, 11) is 2.90. The van der Waals surface area contributed by atoms with Crippen LogP contribution in [0.2, 0.25) is 15.1 Å². The van der Waals surface area contributed by atoms with Gasteiger partial charge in [-0.25, -0.2) is 4.39 Å². The Kier molecular flexibility index (Phi) is 8.40. The average Bonchev–Trinajstić information content (AvgIpc) is 3.28. The molecule has 2 unspecified atom stereocenters. The molecule has 3 rings (SSSR count). The first-order valence-corrected chi connectivity index (χ1v) is 11.6. The minimum Gasteiger partial charge on any atom is -0.374 e. The molecular formula is C23H18Cl3F4N3O4. The van der Waals surface area contributed by atoms with Gasteiger partial charge in [0.2, 0.25) is 5.91 Å². The highest BCUT2D eigenvalue weighted by Gasteiger charge is 2.62. The van der Waals surface area contributed by atoms with Crippen molar-refractivity contribution in [2.24, 2.45) is 5.16 Å². The smallest absolute Gasteiger partial charge is 0.374 e. The van der Waals surface area contributed by atoms with Gasteiger partial charge in [-0.3, -0.25) is 9.59 Å². The van der Waals surface area contributed by atoms with E-state index in [1.165, 1.54) is 37.2 Å². The van der Waals surface area contributed by atoms with E-state index in [-0.39, 0.29) is 28.3 Å². The molecule has 0 radical (unpaired) electrons. The lowest BCUT2D eigenvalue weighted by Gasteiger charge is -2.29. The number of halogens is 7. The van der Waals surface area contributed by atoms with E-state index < -0.39 is 57.5 Å². The molecular weight excluding hydrogens is 565 g/mol. The van der Waals surface area contributed by atoms with Gasteiger partial charge in [-0.2, -0.15) is 13.2 Å². The largest absolute Gasteiger partial charge is 0.435 e. The Morgan fingerprint density at radius 2 is 1.78 bits per heavy atom. The number of benzene rings is 2. The fourth-order valence-corrected chi connectivity index (χ4v) is 4.34. The third-order valence-electron chi connectivity index (χ3n) is 5.56. The normalized spacial score (nSPS) is 18.0. The van der Waals surface area contributed by atoms with Crippen molar-refractivity contribution in [3.05, 3.63) is 67.9 Å². The van der Waals surface area contributed by atoms with Gasteiger partial charge in [0.25, 0.3) is 11.5 Å². The number of likely N-dealkylation sites (N-methyl/N-ethyl adjacent to an activating group) is 1. The van der Waals surface area contributed by atoms with E-state index in [0.717, 1.165) is 12.1 Å². The second-order valence-corrected chi connectivity index (χ2v) is 9.46. The van der Waals surface area contributed by atoms with Gasteiger partial charge in [0, 0.05) is 38.1 Å². The predicted octanol–water partition coefficient (Wildman–Crippen LogP) is 5.14. The highest BCUT2D eigenvalue weighted by Crippen LogP contribution is 2.50. The minimum atomic E-state index is -5.00. The number of nitrogens with one attached hydrogen (secondary N) is 1. The van der Waals surface area contributed by atoms with Gasteiger partial charge in [-0.05, 0) is 24.3 Å². The number of hydrogen-bond donors (Lipinski definition) is 1. The summed E-state index contributed by atoms with van der Waals surface area (Å²) in [4.78, 5) is 41.9. The first-order chi connectivity index (χ1) is 17.2. The summed E-state index contributed by atoms with van der Waals surface area (Å²) >= 11 is 17.6. The van der Waals surface area contributed by atoms with E-state index in [9.17, 15) is 31.9 Å². The maximum atomic E-state index is 14.2. The monoisotopic (exact) mass is 581 g/mol. The molecule has 0 saturated carbocycles. The van der Waals surface area contributed by atoms with Gasteiger partial charge in [0.1, 0.15) is 12.3 Å². The predicted molar refractivity (Wildman–Crippen MR) is 128 cm³/mol. The van der Waals surface area contributed by atoms with E-state index >= 15 is 0 Å². The lowest BCUT2D eigenvalue weighted by Crippen LogP contribution is -2.46. The third kappa shape index (κ3) is 5.68. The number of carbonyl (C=O) groups excluding carboxylic acids is 3. The summed E-state index contributed by atoms with van der Waals surface area (Å²) in [5.41, 5.74) is -3.69. The van der Waals surface area contributed by atoms with E-state index in [1.807, 2.05) is 0 Å². The Morgan fingerprint density at radius 3 is 2.30 bits per heavy atom. The molecule has 2 aromatic carbocycles. The number of alkyl halides is 3. The fourth-order valence-electron chi connectivity index (χ4n) is 3.59. The van der Waals surface area contributed by atoms with Crippen molar-refractivity contribution in [3.8, 4) is 0 Å². The number of amides is 2. The van der Waals surface area contributed by atoms with Crippen LogP contribution < -0.4 is 5.32 Å². The molecule has 37 heavy (non-hydrogen) atoms. The lowest BCUT2D eigenvalue weighted by atomic mass is 9.86. The van der Waals surface area contributed by atoms with Crippen molar-refractivity contribution in [2.75, 3.05) is 14.1 Å². The molecule has 1 aliphatic rings. The van der Waals surface area contributed by atoms with Gasteiger partial charge in [0.05, 0.1) is 26.3 Å². The van der Waals surface area contributed by atoms with Crippen molar-refractivity contribution in [1.29, 1.82) is 0 Å². The number of carbonyl (C=O) groups is 3. The molecule has 0 aromatic heterocycles. The maximum Gasteiger partial charge on any atom is 0.435 e. The molecule has 1 heterocycles. The molecule has 1 N–H and O–H groups in total. The molecule has 2 amide bonds. The Bertz CT molecular complexity index is 1260. The van der Waals surface area contributed by atoms with E-state index in [1.54, 1.807) is 0 Å². The number of nitrogens with zero attached hydrogens (tertiary/aromatic N) is 2. The van der Waals surface area contributed by atoms with Crippen LogP contribution >= 0.6 is 34.8 Å². The van der Waals surface area contributed by atoms with Gasteiger partial charge in [0.15, 0.2) is 5.82 Å². The average molecular weight is 583 g/mol. The van der Waals surface area contributed by atoms with Gasteiger partial charge in [-0.15, -0.1) is 0 Å². The van der Waals surface area contributed by atoms with Crippen LogP contribution in [0.5, 0.6) is 0 Å². The SMILES string of the molecule is CN(C)C(=O)C(CC=O)NC(=O)c1ccc(C2=NOC(c3cc(Cl)c(F)c(Cl)c3)(C(F)(F)F)C2)cc1Cl. The zero-order valence-corrected chi connectivity index (χ0v) is 21.4. The molecule has 0 bridgehead atoms. The quantitative estimate of drug-likeness (QED) is 0.278. The van der Waals surface area contributed by atoms with Crippen molar-refractivity contribution < 1.29 is 36.8 Å². The summed E-state index contributed by atoms with van der Waals surface area (Å²) in [5, 5.41) is 4.59. The molecule has 14 heteroatoms. The second kappa shape index (κ2) is 10.8. The molecule has 1 aliphatic heterocycles. The van der Waals surface area contributed by atoms with Crippen LogP contribution in [0, 0.1) is 5.82 Å². The number of aldehydes is 1. The standard InChI is InChI=1S/C23H18Cl3F4N3O4/c1-33(2)21(36)17(5-6-34)31-20(35)13-4-3-11(7-14(13)24)18-10-22(37-32-18,23(28,29)30)12-8-15(25)19(27)16(26)9-12/h3-4,6-9,17H,5,10H2,1-2H3,(H,31,35). The number of oxime groups is 1. The number of hydrogen-bond acceptors (Lipinski definition) is 5. The van der Waals surface area contributed by atoms with Gasteiger partial charge < -0.3 is 19.8 Å². The van der Waals surface area contributed by atoms with Crippen LogP contribution in [0.15, 0.2) is 35.5 Å². The highest BCUT2D eigenvalue weighted by molar-refractivity contribution is 6.35. The topological polar surface area (TPSA) is 88.1 Å². The first kappa shape index (κ1) is 28.7. The first-order valence-electron chi connectivity index (χ1n) is 10.4. The summed E-state index contributed by atoms with van der Waals surface area (Å²) in [6, 6.07) is 4.12. The van der Waals surface area contributed by atoms with Crippen LogP contribution in [0.1, 0.15) is 34.3 Å². The van der Waals surface area contributed by atoms with Crippen molar-refractivity contribution in [3.63, 3.8) is 0 Å². The molecule has 198 valence electrons. The maximum absolute atomic E-state index is 14.2. The number of rotatable bonds is 7. The molecule has 0 saturated heterocycles. The summed E-state index contributed by atoms with van der Waals surface area (Å²) < 4.78 is 56.4. The highest BCUT2D eigenvalue weighted by atomic mass is 35.5. The zero-order chi connectivity index (χ0) is 27.7. The van der Waals surface area contributed by atoms with Crippen LogP contribution in [0.4, 0.5) is 17.6 Å². The van der Waals surface area contributed by atoms with Crippen molar-refractivity contribution >= 4 is 58.6 Å². The Balaban J connectivity index is 1.89. The summed E-state index contributed by atoms with van der Waals surface area (Å²) in [6.45, 7) is 0. The van der Waals surface area contributed by atoms with Gasteiger partial charge >= 0.3 is 6.18 Å². The van der Waals surface area contributed by atoms with E-state index in [4.69, 9.17) is 39.6 Å². The molecule has 0 aliphatic carbocycles. The third-order valence-corrected chi connectivity index (χ3v) is 6.42. The second-order valence-electron chi connectivity index (χ2n) is 8.24. The van der Waals surface area contributed by atoms with Crippen molar-refractivity contribution in [1.82, 2.24) is 10.2 Å². The van der Waals surface area contributed by atoms with E-state index in [0.29, 0.717) is 6.29 Å². The lowest BCUT2D eigenvalue weighted by molar-refractivity contribution is -0.275. The van der Waals surface area contributed by atoms with Crippen LogP contribution in [0.3, 0.4) is 0 Å². The minimum absolute atomic E-state index is 0.0911. The van der Waals surface area contributed by atoms with Crippen LogP contribution in [-0.2, 0) is 20.0 Å². The van der Waals surface area contributed by atoms with Crippen LogP contribution in [-0.4, -0.2) is 55.0 Å². The van der Waals surface area contributed by atoms with E-state index in [2.05, 4.69) is 10.5 Å². The molecule has 2 atom stereocenters. The summed E-state index contributed by atoms with van der Waals surface area (Å²) in [5.74, 6) is -2.37. The molecule has 7 nitrogen and oxygen atoms in total. The molecule has 0 spiro atoms. The summed E-state index contributed by atoms with van der Waals surface area (Å²) in [6.07, 6.45) is -5.62. The zero-order valence-electron chi connectivity index (χ0n) is 19.1. The molecule has 0 fully saturated rings. The van der Waals surface area contributed by atoms with Gasteiger partial charge in [-0.1, -0.05) is 46.0 Å². The molecule has 2 aromatic rings. The van der Waals surface area contributed by atoms with Crippen molar-refractivity contribution in [2.45, 2.75) is 30.7 Å². The Morgan fingerprint density at radius 1 is 1.16 bits per heavy atom. The Hall–Kier alpha value is -2.89.